The number of nitrogens with zero attached hydrogens (tertiary/aromatic N) is 2. The van der Waals surface area contributed by atoms with E-state index in [2.05, 4.69) is 20.3 Å². The molecule has 1 rings (SSSR count). The van der Waals surface area contributed by atoms with Gasteiger partial charge in [-0.15, -0.1) is 10.2 Å². The first-order valence-corrected chi connectivity index (χ1v) is 4.99. The van der Waals surface area contributed by atoms with E-state index in [9.17, 15) is 9.59 Å². The van der Waals surface area contributed by atoms with Gasteiger partial charge in [0.25, 0.3) is 0 Å². The maximum absolute atomic E-state index is 11.1. The van der Waals surface area contributed by atoms with E-state index in [0.717, 1.165) is 0 Å². The summed E-state index contributed by atoms with van der Waals surface area (Å²) in [7, 11) is 1.24. The molecule has 0 aliphatic carbocycles. The molecule has 0 bridgehead atoms. The van der Waals surface area contributed by atoms with E-state index in [-0.39, 0.29) is 5.69 Å². The van der Waals surface area contributed by atoms with Crippen molar-refractivity contribution in [1.82, 2.24) is 10.2 Å². The number of carbonyl (C=O) groups is 2. The summed E-state index contributed by atoms with van der Waals surface area (Å²) >= 11 is 0. The predicted molar refractivity (Wildman–Crippen MR) is 58.7 cm³/mol. The van der Waals surface area contributed by atoms with E-state index < -0.39 is 18.0 Å². The lowest BCUT2D eigenvalue weighted by Crippen LogP contribution is -2.28. The van der Waals surface area contributed by atoms with Crippen LogP contribution < -0.4 is 5.32 Å². The van der Waals surface area contributed by atoms with Crippen LogP contribution in [0.2, 0.25) is 0 Å². The molecule has 1 aromatic rings. The van der Waals surface area contributed by atoms with Crippen LogP contribution in [0.25, 0.3) is 0 Å². The molecule has 1 heterocycles. The molecule has 0 aliphatic heterocycles. The topological polar surface area (TPSA) is 101 Å². The van der Waals surface area contributed by atoms with Gasteiger partial charge in [0.15, 0.2) is 5.69 Å². The summed E-state index contributed by atoms with van der Waals surface area (Å²) in [5, 5.41) is 18.8. The summed E-state index contributed by atoms with van der Waals surface area (Å²) < 4.78 is 4.46. The van der Waals surface area contributed by atoms with Gasteiger partial charge in [-0.3, -0.25) is 0 Å². The van der Waals surface area contributed by atoms with Gasteiger partial charge in [0, 0.05) is 0 Å². The molecule has 0 radical (unpaired) electrons. The zero-order chi connectivity index (χ0) is 12.8. The van der Waals surface area contributed by atoms with Crippen LogP contribution in [-0.4, -0.2) is 40.4 Å². The Kier molecular flexibility index (Phi) is 4.38. The number of hydrogen-bond acceptors (Lipinski definition) is 6. The molecule has 1 aromatic heterocycles. The van der Waals surface area contributed by atoms with Crippen molar-refractivity contribution < 1.29 is 19.4 Å². The summed E-state index contributed by atoms with van der Waals surface area (Å²) in [4.78, 5) is 21.8. The van der Waals surface area contributed by atoms with E-state index in [0.29, 0.717) is 12.2 Å². The second-order valence-electron chi connectivity index (χ2n) is 3.24. The van der Waals surface area contributed by atoms with Crippen LogP contribution >= 0.6 is 0 Å². The number of nitrogens with one attached hydrogen (secondary N) is 1. The van der Waals surface area contributed by atoms with Crippen LogP contribution in [0.1, 0.15) is 23.8 Å². The molecule has 0 aliphatic rings. The molecular formula is C10H13N3O4. The predicted octanol–water partition coefficient (Wildman–Crippen LogP) is 0.538. The quantitative estimate of drug-likeness (QED) is 0.723. The van der Waals surface area contributed by atoms with Crippen LogP contribution in [0.3, 0.4) is 0 Å². The average Bonchev–Trinajstić information content (AvgIpc) is 2.35. The minimum atomic E-state index is -0.966. The van der Waals surface area contributed by atoms with Gasteiger partial charge < -0.3 is 15.2 Å². The van der Waals surface area contributed by atoms with Gasteiger partial charge in [0.2, 0.25) is 0 Å². The number of ether oxygens (including phenoxy) is 1. The van der Waals surface area contributed by atoms with Gasteiger partial charge in [-0.1, -0.05) is 6.92 Å². The van der Waals surface area contributed by atoms with E-state index >= 15 is 0 Å². The minimum absolute atomic E-state index is 0.0708. The maximum Gasteiger partial charge on any atom is 0.358 e. The molecule has 0 aromatic carbocycles. The number of aromatic nitrogens is 2. The zero-order valence-corrected chi connectivity index (χ0v) is 9.51. The third-order valence-corrected chi connectivity index (χ3v) is 2.09. The van der Waals surface area contributed by atoms with Crippen molar-refractivity contribution in [3.05, 3.63) is 17.8 Å². The number of aliphatic carboxylic acids is 1. The number of carbonyl (C=O) groups excluding carboxylic acids is 1. The number of esters is 1. The highest BCUT2D eigenvalue weighted by Gasteiger charge is 2.15. The van der Waals surface area contributed by atoms with Gasteiger partial charge in [-0.05, 0) is 18.6 Å². The number of methoxy groups -OCH3 is 1. The minimum Gasteiger partial charge on any atom is -0.480 e. The van der Waals surface area contributed by atoms with Crippen molar-refractivity contribution in [3.63, 3.8) is 0 Å². The summed E-state index contributed by atoms with van der Waals surface area (Å²) in [6.45, 7) is 1.74. The Labute approximate surface area is 97.8 Å². The summed E-state index contributed by atoms with van der Waals surface area (Å²) in [5.41, 5.74) is 0.0708. The van der Waals surface area contributed by atoms with Crippen molar-refractivity contribution in [2.45, 2.75) is 19.4 Å². The van der Waals surface area contributed by atoms with Crippen LogP contribution in [-0.2, 0) is 9.53 Å². The first kappa shape index (κ1) is 12.9. The molecule has 17 heavy (non-hydrogen) atoms. The number of carboxylic acids is 1. The Morgan fingerprint density at radius 2 is 2.18 bits per heavy atom. The highest BCUT2D eigenvalue weighted by Crippen LogP contribution is 2.06. The maximum atomic E-state index is 11.1. The van der Waals surface area contributed by atoms with Crippen LogP contribution in [0.4, 0.5) is 5.82 Å². The van der Waals surface area contributed by atoms with Gasteiger partial charge in [0.1, 0.15) is 11.9 Å². The molecule has 0 amide bonds. The Bertz CT molecular complexity index is 405. The molecule has 0 fully saturated rings. The molecule has 0 saturated carbocycles. The third-order valence-electron chi connectivity index (χ3n) is 2.09. The lowest BCUT2D eigenvalue weighted by Gasteiger charge is -2.11. The van der Waals surface area contributed by atoms with Gasteiger partial charge in [-0.25, -0.2) is 9.59 Å². The van der Waals surface area contributed by atoms with Crippen LogP contribution in [0.15, 0.2) is 12.1 Å². The zero-order valence-electron chi connectivity index (χ0n) is 9.51. The Hall–Kier alpha value is -2.18. The summed E-state index contributed by atoms with van der Waals surface area (Å²) in [6, 6.07) is 2.16. The first-order chi connectivity index (χ1) is 8.08. The highest BCUT2D eigenvalue weighted by atomic mass is 16.5. The van der Waals surface area contributed by atoms with Crippen molar-refractivity contribution in [2.75, 3.05) is 12.4 Å². The molecule has 1 unspecified atom stereocenters. The fraction of sp³-hybridized carbons (Fsp3) is 0.400. The first-order valence-electron chi connectivity index (χ1n) is 4.99. The summed E-state index contributed by atoms with van der Waals surface area (Å²) in [5.74, 6) is -1.26. The second-order valence-corrected chi connectivity index (χ2v) is 3.24. The normalized spacial score (nSPS) is 11.6. The fourth-order valence-corrected chi connectivity index (χ4v) is 1.14. The van der Waals surface area contributed by atoms with E-state index in [1.54, 1.807) is 6.92 Å². The number of anilines is 1. The van der Waals surface area contributed by atoms with E-state index in [4.69, 9.17) is 5.11 Å². The van der Waals surface area contributed by atoms with Gasteiger partial charge >= 0.3 is 11.9 Å². The SMILES string of the molecule is CCC(Nc1ccc(C(=O)OC)nn1)C(=O)O. The summed E-state index contributed by atoms with van der Waals surface area (Å²) in [6.07, 6.45) is 0.412. The standard InChI is InChI=1S/C10H13N3O4/c1-3-6(9(14)15)11-8-5-4-7(12-13-8)10(16)17-2/h4-6H,3H2,1-2H3,(H,11,13)(H,14,15). The van der Waals surface area contributed by atoms with Crippen molar-refractivity contribution >= 4 is 17.8 Å². The third kappa shape index (κ3) is 3.40. The van der Waals surface area contributed by atoms with E-state index in [1.165, 1.54) is 19.2 Å². The lowest BCUT2D eigenvalue weighted by atomic mass is 10.2. The average molecular weight is 239 g/mol. The van der Waals surface area contributed by atoms with E-state index in [1.807, 2.05) is 0 Å². The smallest absolute Gasteiger partial charge is 0.358 e. The van der Waals surface area contributed by atoms with Crippen molar-refractivity contribution in [1.29, 1.82) is 0 Å². The van der Waals surface area contributed by atoms with Crippen LogP contribution in [0, 0.1) is 0 Å². The highest BCUT2D eigenvalue weighted by molar-refractivity contribution is 5.87. The molecule has 7 heteroatoms. The molecule has 92 valence electrons. The van der Waals surface area contributed by atoms with Gasteiger partial charge in [-0.2, -0.15) is 0 Å². The fourth-order valence-electron chi connectivity index (χ4n) is 1.14. The Morgan fingerprint density at radius 1 is 1.47 bits per heavy atom. The Morgan fingerprint density at radius 3 is 2.59 bits per heavy atom. The molecule has 0 saturated heterocycles. The molecule has 2 N–H and O–H groups in total. The van der Waals surface area contributed by atoms with Crippen molar-refractivity contribution in [2.24, 2.45) is 0 Å². The largest absolute Gasteiger partial charge is 0.480 e. The van der Waals surface area contributed by atoms with Crippen molar-refractivity contribution in [3.8, 4) is 0 Å². The molecule has 0 spiro atoms. The van der Waals surface area contributed by atoms with Crippen LogP contribution in [0.5, 0.6) is 0 Å². The molecular weight excluding hydrogens is 226 g/mol. The second kappa shape index (κ2) is 5.78. The number of rotatable bonds is 5. The molecule has 7 nitrogen and oxygen atoms in total. The number of carboxylic acid groups (broad SMARTS) is 1. The Balaban J connectivity index is 2.74. The van der Waals surface area contributed by atoms with Gasteiger partial charge in [0.05, 0.1) is 7.11 Å². The monoisotopic (exact) mass is 239 g/mol. The number of hydrogen-bond donors (Lipinski definition) is 2. The molecule has 1 atom stereocenters. The lowest BCUT2D eigenvalue weighted by molar-refractivity contribution is -0.137.